The highest BCUT2D eigenvalue weighted by molar-refractivity contribution is 7.90. The Morgan fingerprint density at radius 1 is 1.44 bits per heavy atom. The van der Waals surface area contributed by atoms with Crippen LogP contribution < -0.4 is 11.1 Å². The summed E-state index contributed by atoms with van der Waals surface area (Å²) in [6, 6.07) is 5.85. The number of carbonyl (C=O) groups is 1. The number of rotatable bonds is 5. The quantitative estimate of drug-likeness (QED) is 0.818. The lowest BCUT2D eigenvalue weighted by molar-refractivity contribution is 0.0951. The van der Waals surface area contributed by atoms with E-state index in [9.17, 15) is 13.2 Å². The lowest BCUT2D eigenvalue weighted by atomic mass is 10.2. The smallest absolute Gasteiger partial charge is 0.251 e. The number of benzene rings is 1. The van der Waals surface area contributed by atoms with Crippen LogP contribution in [0.1, 0.15) is 23.7 Å². The first-order valence-electron chi connectivity index (χ1n) is 5.68. The van der Waals surface area contributed by atoms with E-state index >= 15 is 0 Å². The maximum absolute atomic E-state index is 11.8. The SMILES string of the molecule is CCC(N)CNC(=O)c1cccc(S(C)(=O)=O)c1. The molecule has 0 fully saturated rings. The lowest BCUT2D eigenvalue weighted by Gasteiger charge is -2.10. The first-order chi connectivity index (χ1) is 8.34. The van der Waals surface area contributed by atoms with Crippen LogP contribution in [0.25, 0.3) is 0 Å². The Hall–Kier alpha value is -1.40. The number of hydrogen-bond donors (Lipinski definition) is 2. The predicted molar refractivity (Wildman–Crippen MR) is 70.2 cm³/mol. The van der Waals surface area contributed by atoms with Gasteiger partial charge >= 0.3 is 0 Å². The topological polar surface area (TPSA) is 89.3 Å². The van der Waals surface area contributed by atoms with Crippen molar-refractivity contribution < 1.29 is 13.2 Å². The van der Waals surface area contributed by atoms with Crippen molar-refractivity contribution >= 4 is 15.7 Å². The van der Waals surface area contributed by atoms with Gasteiger partial charge in [-0.05, 0) is 24.6 Å². The predicted octanol–water partition coefficient (Wildman–Crippen LogP) is 0.557. The van der Waals surface area contributed by atoms with Crippen LogP contribution in [-0.4, -0.2) is 33.2 Å². The molecule has 100 valence electrons. The van der Waals surface area contributed by atoms with Gasteiger partial charge in [0.1, 0.15) is 0 Å². The molecule has 1 unspecified atom stereocenters. The van der Waals surface area contributed by atoms with Gasteiger partial charge in [0, 0.05) is 24.4 Å². The highest BCUT2D eigenvalue weighted by atomic mass is 32.2. The Bertz CT molecular complexity index is 526. The Labute approximate surface area is 107 Å². The molecule has 1 aromatic rings. The molecule has 0 aliphatic heterocycles. The fraction of sp³-hybridized carbons (Fsp3) is 0.417. The first kappa shape index (κ1) is 14.7. The lowest BCUT2D eigenvalue weighted by Crippen LogP contribution is -2.36. The van der Waals surface area contributed by atoms with Crippen molar-refractivity contribution in [1.82, 2.24) is 5.32 Å². The highest BCUT2D eigenvalue weighted by Gasteiger charge is 2.11. The molecule has 1 amide bonds. The number of amides is 1. The summed E-state index contributed by atoms with van der Waals surface area (Å²) >= 11 is 0. The Balaban J connectivity index is 2.81. The zero-order valence-electron chi connectivity index (χ0n) is 10.5. The Kier molecular flexibility index (Phi) is 4.86. The van der Waals surface area contributed by atoms with E-state index in [-0.39, 0.29) is 16.8 Å². The Morgan fingerprint density at radius 2 is 2.11 bits per heavy atom. The van der Waals surface area contributed by atoms with E-state index in [0.29, 0.717) is 12.1 Å². The molecule has 0 radical (unpaired) electrons. The number of nitrogens with one attached hydrogen (secondary N) is 1. The molecule has 0 aliphatic carbocycles. The molecule has 1 atom stereocenters. The van der Waals surface area contributed by atoms with Crippen LogP contribution in [-0.2, 0) is 9.84 Å². The van der Waals surface area contributed by atoms with Crippen molar-refractivity contribution in [3.63, 3.8) is 0 Å². The van der Waals surface area contributed by atoms with Crippen LogP contribution in [0.15, 0.2) is 29.2 Å². The fourth-order valence-electron chi connectivity index (χ4n) is 1.34. The summed E-state index contributed by atoms with van der Waals surface area (Å²) < 4.78 is 22.7. The van der Waals surface area contributed by atoms with Crippen LogP contribution in [0.3, 0.4) is 0 Å². The summed E-state index contributed by atoms with van der Waals surface area (Å²) in [6.07, 6.45) is 1.88. The van der Waals surface area contributed by atoms with Gasteiger partial charge in [-0.25, -0.2) is 8.42 Å². The minimum atomic E-state index is -3.30. The molecule has 0 aromatic heterocycles. The summed E-state index contributed by atoms with van der Waals surface area (Å²) in [5.41, 5.74) is 6.01. The molecule has 0 aliphatic rings. The van der Waals surface area contributed by atoms with Crippen molar-refractivity contribution in [3.05, 3.63) is 29.8 Å². The van der Waals surface area contributed by atoms with Gasteiger partial charge in [0.05, 0.1) is 4.90 Å². The molecule has 5 nitrogen and oxygen atoms in total. The number of carbonyl (C=O) groups excluding carboxylic acids is 1. The van der Waals surface area contributed by atoms with Gasteiger partial charge in [-0.15, -0.1) is 0 Å². The third-order valence-corrected chi connectivity index (χ3v) is 3.68. The van der Waals surface area contributed by atoms with Crippen LogP contribution in [0.2, 0.25) is 0 Å². The largest absolute Gasteiger partial charge is 0.350 e. The molecular weight excluding hydrogens is 252 g/mol. The summed E-state index contributed by atoms with van der Waals surface area (Å²) in [7, 11) is -3.30. The maximum Gasteiger partial charge on any atom is 0.251 e. The molecule has 0 saturated heterocycles. The highest BCUT2D eigenvalue weighted by Crippen LogP contribution is 2.11. The minimum Gasteiger partial charge on any atom is -0.350 e. The van der Waals surface area contributed by atoms with Gasteiger partial charge in [0.25, 0.3) is 5.91 Å². The van der Waals surface area contributed by atoms with Crippen molar-refractivity contribution in [2.24, 2.45) is 5.73 Å². The van der Waals surface area contributed by atoms with E-state index in [4.69, 9.17) is 5.73 Å². The molecular formula is C12H18N2O3S. The zero-order valence-corrected chi connectivity index (χ0v) is 11.3. The molecule has 1 rings (SSSR count). The molecule has 0 saturated carbocycles. The van der Waals surface area contributed by atoms with Crippen molar-refractivity contribution in [2.45, 2.75) is 24.3 Å². The van der Waals surface area contributed by atoms with Gasteiger partial charge in [-0.2, -0.15) is 0 Å². The molecule has 18 heavy (non-hydrogen) atoms. The number of nitrogens with two attached hydrogens (primary N) is 1. The second-order valence-electron chi connectivity index (χ2n) is 4.18. The fourth-order valence-corrected chi connectivity index (χ4v) is 2.00. The summed E-state index contributed by atoms with van der Waals surface area (Å²) in [4.78, 5) is 11.9. The van der Waals surface area contributed by atoms with E-state index < -0.39 is 9.84 Å². The third kappa shape index (κ3) is 4.12. The average Bonchev–Trinajstić information content (AvgIpc) is 2.34. The molecule has 0 spiro atoms. The van der Waals surface area contributed by atoms with E-state index in [2.05, 4.69) is 5.32 Å². The van der Waals surface area contributed by atoms with E-state index in [1.54, 1.807) is 12.1 Å². The van der Waals surface area contributed by atoms with Crippen molar-refractivity contribution in [2.75, 3.05) is 12.8 Å². The molecule has 0 heterocycles. The van der Waals surface area contributed by atoms with Crippen molar-refractivity contribution in [3.8, 4) is 0 Å². The van der Waals surface area contributed by atoms with Gasteiger partial charge in [0.15, 0.2) is 9.84 Å². The second kappa shape index (κ2) is 5.97. The van der Waals surface area contributed by atoms with Gasteiger partial charge in [0.2, 0.25) is 0 Å². The van der Waals surface area contributed by atoms with E-state index in [1.165, 1.54) is 12.1 Å². The van der Waals surface area contributed by atoms with Gasteiger partial charge in [-0.3, -0.25) is 4.79 Å². The summed E-state index contributed by atoms with van der Waals surface area (Å²) in [5, 5.41) is 2.67. The van der Waals surface area contributed by atoms with Crippen LogP contribution in [0, 0.1) is 0 Å². The zero-order chi connectivity index (χ0) is 13.8. The molecule has 1 aromatic carbocycles. The van der Waals surface area contributed by atoms with Gasteiger partial charge in [-0.1, -0.05) is 13.0 Å². The van der Waals surface area contributed by atoms with Crippen LogP contribution in [0.4, 0.5) is 0 Å². The average molecular weight is 270 g/mol. The third-order valence-electron chi connectivity index (χ3n) is 2.57. The Morgan fingerprint density at radius 3 is 2.67 bits per heavy atom. The second-order valence-corrected chi connectivity index (χ2v) is 6.19. The number of sulfone groups is 1. The first-order valence-corrected chi connectivity index (χ1v) is 7.57. The van der Waals surface area contributed by atoms with Crippen LogP contribution in [0.5, 0.6) is 0 Å². The van der Waals surface area contributed by atoms with E-state index in [0.717, 1.165) is 12.7 Å². The number of hydrogen-bond acceptors (Lipinski definition) is 4. The van der Waals surface area contributed by atoms with Gasteiger partial charge < -0.3 is 11.1 Å². The standard InChI is InChI=1S/C12H18N2O3S/c1-3-10(13)8-14-12(15)9-5-4-6-11(7-9)18(2,16)17/h4-7,10H,3,8,13H2,1-2H3,(H,14,15). The normalized spacial score (nSPS) is 13.1. The monoisotopic (exact) mass is 270 g/mol. The van der Waals surface area contributed by atoms with Crippen molar-refractivity contribution in [1.29, 1.82) is 0 Å². The summed E-state index contributed by atoms with van der Waals surface area (Å²) in [5.74, 6) is -0.315. The molecule has 3 N–H and O–H groups in total. The minimum absolute atomic E-state index is 0.0907. The molecule has 0 bridgehead atoms. The molecule has 6 heteroatoms. The maximum atomic E-state index is 11.8. The summed E-state index contributed by atoms with van der Waals surface area (Å²) in [6.45, 7) is 2.31. The van der Waals surface area contributed by atoms with E-state index in [1.807, 2.05) is 6.92 Å². The van der Waals surface area contributed by atoms with Crippen LogP contribution >= 0.6 is 0 Å².